The molecule has 0 spiro atoms. The zero-order chi connectivity index (χ0) is 19.8. The minimum absolute atomic E-state index is 0.335. The van der Waals surface area contributed by atoms with Gasteiger partial charge in [0.1, 0.15) is 0 Å². The SMILES string of the molecule is CCOC(=O)/C=C/c1cncc(Cc2cc(C(=O)OC)cc(CI)n2)c1C. The lowest BCUT2D eigenvalue weighted by atomic mass is 10.0. The summed E-state index contributed by atoms with van der Waals surface area (Å²) in [6.07, 6.45) is 7.07. The molecule has 2 rings (SSSR count). The number of methoxy groups -OCH3 is 1. The molecule has 0 amide bonds. The Hall–Kier alpha value is -2.29. The van der Waals surface area contributed by atoms with Crippen LogP contribution in [0.5, 0.6) is 0 Å². The van der Waals surface area contributed by atoms with Crippen molar-refractivity contribution >= 4 is 40.6 Å². The van der Waals surface area contributed by atoms with Crippen LogP contribution in [0.25, 0.3) is 6.08 Å². The Kier molecular flexibility index (Phi) is 7.90. The molecule has 6 nitrogen and oxygen atoms in total. The number of esters is 2. The Labute approximate surface area is 172 Å². The third-order valence-electron chi connectivity index (χ3n) is 3.91. The summed E-state index contributed by atoms with van der Waals surface area (Å²) >= 11 is 2.21. The first-order valence-electron chi connectivity index (χ1n) is 8.40. The maximum Gasteiger partial charge on any atom is 0.337 e. The maximum atomic E-state index is 11.9. The van der Waals surface area contributed by atoms with Gasteiger partial charge in [-0.05, 0) is 48.7 Å². The summed E-state index contributed by atoms with van der Waals surface area (Å²) < 4.78 is 10.4. The molecular formula is C20H21IN2O4. The number of nitrogens with zero attached hydrogens (tertiary/aromatic N) is 2. The molecule has 0 aromatic carbocycles. The summed E-state index contributed by atoms with van der Waals surface area (Å²) in [5, 5.41) is 0. The van der Waals surface area contributed by atoms with E-state index in [0.29, 0.717) is 23.0 Å². The van der Waals surface area contributed by atoms with Gasteiger partial charge in [0.25, 0.3) is 0 Å². The Balaban J connectivity index is 2.31. The van der Waals surface area contributed by atoms with Crippen LogP contribution >= 0.6 is 22.6 Å². The van der Waals surface area contributed by atoms with E-state index in [1.165, 1.54) is 13.2 Å². The number of rotatable bonds is 7. The van der Waals surface area contributed by atoms with Crippen molar-refractivity contribution < 1.29 is 19.1 Å². The molecule has 2 aromatic heterocycles. The van der Waals surface area contributed by atoms with Crippen LogP contribution < -0.4 is 0 Å². The molecule has 7 heteroatoms. The van der Waals surface area contributed by atoms with Gasteiger partial charge in [0.15, 0.2) is 0 Å². The van der Waals surface area contributed by atoms with Crippen LogP contribution in [0.15, 0.2) is 30.6 Å². The fourth-order valence-electron chi connectivity index (χ4n) is 2.52. The molecular weight excluding hydrogens is 459 g/mol. The number of hydrogen-bond acceptors (Lipinski definition) is 6. The van der Waals surface area contributed by atoms with Gasteiger partial charge in [0, 0.05) is 35.0 Å². The van der Waals surface area contributed by atoms with Crippen LogP contribution in [-0.2, 0) is 25.1 Å². The van der Waals surface area contributed by atoms with Crippen LogP contribution in [0.2, 0.25) is 0 Å². The summed E-state index contributed by atoms with van der Waals surface area (Å²) in [6, 6.07) is 3.48. The van der Waals surface area contributed by atoms with Gasteiger partial charge >= 0.3 is 11.9 Å². The van der Waals surface area contributed by atoms with Gasteiger partial charge in [-0.15, -0.1) is 0 Å². The zero-order valence-electron chi connectivity index (χ0n) is 15.5. The second-order valence-corrected chi connectivity index (χ2v) is 6.50. The first kappa shape index (κ1) is 21.0. The number of aromatic nitrogens is 2. The van der Waals surface area contributed by atoms with Gasteiger partial charge in [-0.2, -0.15) is 0 Å². The normalized spacial score (nSPS) is 10.8. The number of carbonyl (C=O) groups excluding carboxylic acids is 2. The standard InChI is InChI=1S/C20H21IN2O4/c1-4-27-19(24)6-5-14-11-22-12-16(13(14)2)9-17-7-15(20(25)26-3)8-18(10-21)23-17/h5-8,11-12H,4,9-10H2,1-3H3/b6-5+. The van der Waals surface area contributed by atoms with Crippen LogP contribution in [-0.4, -0.2) is 35.6 Å². The molecule has 0 radical (unpaired) electrons. The van der Waals surface area contributed by atoms with Crippen molar-refractivity contribution in [3.8, 4) is 0 Å². The highest BCUT2D eigenvalue weighted by molar-refractivity contribution is 14.1. The van der Waals surface area contributed by atoms with Crippen LogP contribution in [0.4, 0.5) is 0 Å². The first-order valence-corrected chi connectivity index (χ1v) is 9.93. The van der Waals surface area contributed by atoms with E-state index < -0.39 is 0 Å². The van der Waals surface area contributed by atoms with Crippen LogP contribution in [0.3, 0.4) is 0 Å². The molecule has 0 fully saturated rings. The summed E-state index contributed by atoms with van der Waals surface area (Å²) in [6.45, 7) is 4.06. The Bertz CT molecular complexity index is 865. The van der Waals surface area contributed by atoms with E-state index in [0.717, 1.165) is 28.1 Å². The van der Waals surface area contributed by atoms with Gasteiger partial charge < -0.3 is 9.47 Å². The average molecular weight is 480 g/mol. The number of hydrogen-bond donors (Lipinski definition) is 0. The molecule has 0 aliphatic heterocycles. The minimum atomic E-state index is -0.388. The number of carbonyl (C=O) groups is 2. The Morgan fingerprint density at radius 3 is 2.63 bits per heavy atom. The minimum Gasteiger partial charge on any atom is -0.465 e. The van der Waals surface area contributed by atoms with E-state index in [2.05, 4.69) is 32.6 Å². The van der Waals surface area contributed by atoms with Crippen molar-refractivity contribution in [2.75, 3.05) is 13.7 Å². The Morgan fingerprint density at radius 1 is 1.22 bits per heavy atom. The third kappa shape index (κ3) is 5.85. The number of alkyl halides is 1. The summed E-state index contributed by atoms with van der Waals surface area (Å²) in [7, 11) is 1.36. The van der Waals surface area contributed by atoms with Crippen LogP contribution in [0.1, 0.15) is 45.4 Å². The highest BCUT2D eigenvalue weighted by Gasteiger charge is 2.12. The molecule has 0 atom stereocenters. The second kappa shape index (κ2) is 10.1. The Morgan fingerprint density at radius 2 is 1.96 bits per heavy atom. The van der Waals surface area contributed by atoms with Gasteiger partial charge in [-0.3, -0.25) is 9.97 Å². The maximum absolute atomic E-state index is 11.9. The fraction of sp³-hybridized carbons (Fsp3) is 0.300. The molecule has 2 aromatic rings. The lowest BCUT2D eigenvalue weighted by Crippen LogP contribution is -2.06. The van der Waals surface area contributed by atoms with E-state index in [-0.39, 0.29) is 11.9 Å². The number of halogens is 1. The second-order valence-electron chi connectivity index (χ2n) is 5.74. The average Bonchev–Trinajstić information content (AvgIpc) is 2.68. The van der Waals surface area contributed by atoms with Crippen molar-refractivity contribution in [2.24, 2.45) is 0 Å². The van der Waals surface area contributed by atoms with Gasteiger partial charge in [0.05, 0.1) is 25.0 Å². The molecule has 0 saturated carbocycles. The van der Waals surface area contributed by atoms with Crippen LogP contribution in [0, 0.1) is 6.92 Å². The fourth-order valence-corrected chi connectivity index (χ4v) is 2.91. The molecule has 142 valence electrons. The predicted octanol–water partition coefficient (Wildman–Crippen LogP) is 3.67. The van der Waals surface area contributed by atoms with Crippen molar-refractivity contribution in [1.29, 1.82) is 0 Å². The highest BCUT2D eigenvalue weighted by Crippen LogP contribution is 2.19. The number of ether oxygens (including phenoxy) is 2. The smallest absolute Gasteiger partial charge is 0.337 e. The van der Waals surface area contributed by atoms with Gasteiger partial charge in [0.2, 0.25) is 0 Å². The molecule has 0 aliphatic rings. The van der Waals surface area contributed by atoms with Crippen molar-refractivity contribution in [1.82, 2.24) is 9.97 Å². The van der Waals surface area contributed by atoms with E-state index in [1.807, 2.05) is 6.92 Å². The summed E-state index contributed by atoms with van der Waals surface area (Å²) in [5.41, 5.74) is 4.86. The lowest BCUT2D eigenvalue weighted by molar-refractivity contribution is -0.137. The molecule has 0 unspecified atom stereocenters. The molecule has 0 aliphatic carbocycles. The molecule has 0 saturated heterocycles. The topological polar surface area (TPSA) is 78.4 Å². The van der Waals surface area contributed by atoms with Crippen molar-refractivity contribution in [3.05, 3.63) is 64.2 Å². The highest BCUT2D eigenvalue weighted by atomic mass is 127. The molecule has 0 N–H and O–H groups in total. The lowest BCUT2D eigenvalue weighted by Gasteiger charge is -2.10. The van der Waals surface area contributed by atoms with E-state index in [4.69, 9.17) is 9.47 Å². The van der Waals surface area contributed by atoms with E-state index in [1.54, 1.807) is 37.5 Å². The van der Waals surface area contributed by atoms with Crippen molar-refractivity contribution in [2.45, 2.75) is 24.7 Å². The molecule has 0 bridgehead atoms. The molecule has 27 heavy (non-hydrogen) atoms. The van der Waals surface area contributed by atoms with Gasteiger partial charge in [-0.1, -0.05) is 22.6 Å². The quantitative estimate of drug-likeness (QED) is 0.261. The van der Waals surface area contributed by atoms with Crippen molar-refractivity contribution in [3.63, 3.8) is 0 Å². The third-order valence-corrected chi connectivity index (χ3v) is 4.69. The number of pyridine rings is 2. The predicted molar refractivity (Wildman–Crippen MR) is 111 cm³/mol. The largest absolute Gasteiger partial charge is 0.465 e. The monoisotopic (exact) mass is 480 g/mol. The molecule has 2 heterocycles. The van der Waals surface area contributed by atoms with E-state index in [9.17, 15) is 9.59 Å². The summed E-state index contributed by atoms with van der Waals surface area (Å²) in [4.78, 5) is 32.3. The van der Waals surface area contributed by atoms with Gasteiger partial charge in [-0.25, -0.2) is 9.59 Å². The summed E-state index contributed by atoms with van der Waals surface area (Å²) in [5.74, 6) is -0.771. The zero-order valence-corrected chi connectivity index (χ0v) is 17.6. The van der Waals surface area contributed by atoms with E-state index >= 15 is 0 Å². The first-order chi connectivity index (χ1) is 13.0.